The van der Waals surface area contributed by atoms with Crippen LogP contribution in [-0.4, -0.2) is 26.4 Å². The van der Waals surface area contributed by atoms with Crippen molar-refractivity contribution in [2.45, 2.75) is 33.3 Å². The van der Waals surface area contributed by atoms with Gasteiger partial charge in [0.2, 0.25) is 5.75 Å². The van der Waals surface area contributed by atoms with Gasteiger partial charge < -0.3 is 19.3 Å². The molecule has 0 spiro atoms. The first-order chi connectivity index (χ1) is 8.84. The van der Waals surface area contributed by atoms with Gasteiger partial charge in [-0.1, -0.05) is 20.8 Å². The molecule has 4 nitrogen and oxygen atoms in total. The van der Waals surface area contributed by atoms with Crippen molar-refractivity contribution in [2.75, 3.05) is 21.3 Å². The Morgan fingerprint density at radius 3 is 2.00 bits per heavy atom. The van der Waals surface area contributed by atoms with Crippen molar-refractivity contribution in [3.8, 4) is 17.2 Å². The predicted octanol–water partition coefficient (Wildman–Crippen LogP) is 3.18. The maximum Gasteiger partial charge on any atom is 0.203 e. The number of hydrogen-bond donors (Lipinski definition) is 1. The van der Waals surface area contributed by atoms with E-state index >= 15 is 0 Å². The molecule has 1 aromatic carbocycles. The van der Waals surface area contributed by atoms with Gasteiger partial charge in [0.25, 0.3) is 0 Å². The van der Waals surface area contributed by atoms with E-state index in [-0.39, 0.29) is 5.41 Å². The van der Waals surface area contributed by atoms with Gasteiger partial charge in [0.05, 0.1) is 27.4 Å². The van der Waals surface area contributed by atoms with E-state index in [2.05, 4.69) is 20.8 Å². The van der Waals surface area contributed by atoms with Crippen LogP contribution in [-0.2, 0) is 0 Å². The van der Waals surface area contributed by atoms with Gasteiger partial charge in [0.15, 0.2) is 11.5 Å². The standard InChI is InChI=1S/C15H24O4/c1-15(2,3)9-11(16)10-7-8-12(17-4)14(19-6)13(10)18-5/h7-8,11,16H,9H2,1-6H3. The van der Waals surface area contributed by atoms with Crippen LogP contribution in [0.4, 0.5) is 0 Å². The summed E-state index contributed by atoms with van der Waals surface area (Å²) in [6.07, 6.45) is 0.0357. The average Bonchev–Trinajstić information content (AvgIpc) is 2.34. The Kier molecular flexibility index (Phi) is 5.06. The summed E-state index contributed by atoms with van der Waals surface area (Å²) in [5.41, 5.74) is 0.743. The molecule has 0 bridgehead atoms. The zero-order valence-electron chi connectivity index (χ0n) is 12.6. The number of rotatable bonds is 5. The maximum atomic E-state index is 10.4. The van der Waals surface area contributed by atoms with Crippen LogP contribution in [0.25, 0.3) is 0 Å². The number of aliphatic hydroxyl groups excluding tert-OH is 1. The van der Waals surface area contributed by atoms with Crippen LogP contribution in [0.3, 0.4) is 0 Å². The Bertz CT molecular complexity index is 421. The second-order valence-corrected chi connectivity index (χ2v) is 5.70. The molecule has 0 aliphatic rings. The number of aliphatic hydroxyl groups is 1. The molecular formula is C15H24O4. The molecule has 108 valence electrons. The average molecular weight is 268 g/mol. The SMILES string of the molecule is COc1ccc(C(O)CC(C)(C)C)c(OC)c1OC. The molecule has 4 heteroatoms. The Balaban J connectivity index is 3.21. The normalized spacial score (nSPS) is 13.0. The maximum absolute atomic E-state index is 10.4. The number of ether oxygens (including phenoxy) is 3. The molecule has 1 atom stereocenters. The van der Waals surface area contributed by atoms with Gasteiger partial charge in [-0.2, -0.15) is 0 Å². The summed E-state index contributed by atoms with van der Waals surface area (Å²) in [6, 6.07) is 3.60. The van der Waals surface area contributed by atoms with Gasteiger partial charge in [-0.15, -0.1) is 0 Å². The topological polar surface area (TPSA) is 47.9 Å². The predicted molar refractivity (Wildman–Crippen MR) is 75.1 cm³/mol. The van der Waals surface area contributed by atoms with Crippen LogP contribution >= 0.6 is 0 Å². The van der Waals surface area contributed by atoms with Crippen molar-refractivity contribution in [1.29, 1.82) is 0 Å². The lowest BCUT2D eigenvalue weighted by molar-refractivity contribution is 0.119. The Morgan fingerprint density at radius 1 is 1.00 bits per heavy atom. The van der Waals surface area contributed by atoms with Crippen molar-refractivity contribution in [3.63, 3.8) is 0 Å². The second-order valence-electron chi connectivity index (χ2n) is 5.70. The van der Waals surface area contributed by atoms with Crippen molar-refractivity contribution < 1.29 is 19.3 Å². The van der Waals surface area contributed by atoms with Crippen LogP contribution in [0.2, 0.25) is 0 Å². The van der Waals surface area contributed by atoms with Crippen LogP contribution in [0.15, 0.2) is 12.1 Å². The first-order valence-electron chi connectivity index (χ1n) is 6.31. The van der Waals surface area contributed by atoms with E-state index in [4.69, 9.17) is 14.2 Å². The molecule has 1 rings (SSSR count). The van der Waals surface area contributed by atoms with Gasteiger partial charge in [0, 0.05) is 5.56 Å². The fraction of sp³-hybridized carbons (Fsp3) is 0.600. The quantitative estimate of drug-likeness (QED) is 0.891. The molecule has 0 saturated carbocycles. The highest BCUT2D eigenvalue weighted by atomic mass is 16.5. The summed E-state index contributed by atoms with van der Waals surface area (Å²) in [7, 11) is 4.69. The minimum Gasteiger partial charge on any atom is -0.493 e. The zero-order valence-corrected chi connectivity index (χ0v) is 12.6. The third-order valence-corrected chi connectivity index (χ3v) is 2.90. The highest BCUT2D eigenvalue weighted by molar-refractivity contribution is 5.56. The lowest BCUT2D eigenvalue weighted by Gasteiger charge is -2.24. The highest BCUT2D eigenvalue weighted by Crippen LogP contribution is 2.44. The van der Waals surface area contributed by atoms with Gasteiger partial charge >= 0.3 is 0 Å². The molecule has 0 aliphatic heterocycles. The third-order valence-electron chi connectivity index (χ3n) is 2.90. The summed E-state index contributed by atoms with van der Waals surface area (Å²) < 4.78 is 15.9. The monoisotopic (exact) mass is 268 g/mol. The molecular weight excluding hydrogens is 244 g/mol. The Labute approximate surface area is 115 Å². The highest BCUT2D eigenvalue weighted by Gasteiger charge is 2.24. The molecule has 0 aromatic heterocycles. The van der Waals surface area contributed by atoms with Crippen LogP contribution < -0.4 is 14.2 Å². The first-order valence-corrected chi connectivity index (χ1v) is 6.31. The molecule has 0 amide bonds. The van der Waals surface area contributed by atoms with Gasteiger partial charge in [-0.25, -0.2) is 0 Å². The summed E-state index contributed by atoms with van der Waals surface area (Å²) in [4.78, 5) is 0. The smallest absolute Gasteiger partial charge is 0.203 e. The summed E-state index contributed by atoms with van der Waals surface area (Å²) >= 11 is 0. The van der Waals surface area contributed by atoms with Crippen molar-refractivity contribution >= 4 is 0 Å². The molecule has 0 heterocycles. The van der Waals surface area contributed by atoms with Crippen molar-refractivity contribution in [3.05, 3.63) is 17.7 Å². The molecule has 19 heavy (non-hydrogen) atoms. The summed E-state index contributed by atoms with van der Waals surface area (Å²) in [5, 5.41) is 10.4. The van der Waals surface area contributed by atoms with Crippen LogP contribution in [0, 0.1) is 5.41 Å². The van der Waals surface area contributed by atoms with E-state index in [0.29, 0.717) is 23.7 Å². The van der Waals surface area contributed by atoms with Gasteiger partial charge in [-0.05, 0) is 24.0 Å². The number of methoxy groups -OCH3 is 3. The first kappa shape index (κ1) is 15.6. The lowest BCUT2D eigenvalue weighted by Crippen LogP contribution is -2.12. The molecule has 1 aromatic rings. The molecule has 1 unspecified atom stereocenters. The third kappa shape index (κ3) is 3.77. The van der Waals surface area contributed by atoms with E-state index in [1.165, 1.54) is 0 Å². The minimum atomic E-state index is -0.602. The summed E-state index contributed by atoms with van der Waals surface area (Å²) in [6.45, 7) is 6.26. The van der Waals surface area contributed by atoms with E-state index in [1.54, 1.807) is 27.4 Å². The summed E-state index contributed by atoms with van der Waals surface area (Å²) in [5.74, 6) is 1.63. The van der Waals surface area contributed by atoms with Gasteiger partial charge in [-0.3, -0.25) is 0 Å². The van der Waals surface area contributed by atoms with Crippen molar-refractivity contribution in [2.24, 2.45) is 5.41 Å². The largest absolute Gasteiger partial charge is 0.493 e. The zero-order chi connectivity index (χ0) is 14.6. The molecule has 0 fully saturated rings. The number of hydrogen-bond acceptors (Lipinski definition) is 4. The fourth-order valence-corrected chi connectivity index (χ4v) is 2.08. The van der Waals surface area contributed by atoms with E-state index in [0.717, 1.165) is 5.56 Å². The Hall–Kier alpha value is -1.42. The Morgan fingerprint density at radius 2 is 1.58 bits per heavy atom. The second kappa shape index (κ2) is 6.15. The van der Waals surface area contributed by atoms with E-state index < -0.39 is 6.10 Å². The van der Waals surface area contributed by atoms with Gasteiger partial charge in [0.1, 0.15) is 0 Å². The molecule has 0 radical (unpaired) electrons. The van der Waals surface area contributed by atoms with Crippen LogP contribution in [0.1, 0.15) is 38.9 Å². The van der Waals surface area contributed by atoms with Crippen LogP contribution in [0.5, 0.6) is 17.2 Å². The fourth-order valence-electron chi connectivity index (χ4n) is 2.08. The molecule has 1 N–H and O–H groups in total. The minimum absolute atomic E-state index is 0.0254. The lowest BCUT2D eigenvalue weighted by atomic mass is 9.86. The van der Waals surface area contributed by atoms with E-state index in [9.17, 15) is 5.11 Å². The van der Waals surface area contributed by atoms with E-state index in [1.807, 2.05) is 6.07 Å². The van der Waals surface area contributed by atoms with Crippen molar-refractivity contribution in [1.82, 2.24) is 0 Å². The molecule has 0 aliphatic carbocycles. The molecule has 0 saturated heterocycles. The number of benzene rings is 1.